The van der Waals surface area contributed by atoms with Crippen LogP contribution in [0.25, 0.3) is 12.7 Å². The van der Waals surface area contributed by atoms with Gasteiger partial charge in [-0.2, -0.15) is 0 Å². The average molecular weight is 217 g/mol. The number of nitrogens with one attached hydrogen (secondary N) is 1. The summed E-state index contributed by atoms with van der Waals surface area (Å²) in [5, 5.41) is 4.74. The van der Waals surface area contributed by atoms with E-state index in [-0.39, 0.29) is 5.54 Å². The van der Waals surface area contributed by atoms with Crippen molar-refractivity contribution in [1.29, 1.82) is 0 Å². The van der Waals surface area contributed by atoms with E-state index in [1.807, 2.05) is 13.0 Å². The maximum atomic E-state index is 4.43. The van der Waals surface area contributed by atoms with Crippen molar-refractivity contribution in [3.05, 3.63) is 29.0 Å². The summed E-state index contributed by atoms with van der Waals surface area (Å²) in [5.41, 5.74) is 0.839. The molecule has 0 aliphatic rings. The lowest BCUT2D eigenvalue weighted by molar-refractivity contribution is 0.627. The summed E-state index contributed by atoms with van der Waals surface area (Å²) in [7, 11) is 0. The second kappa shape index (κ2) is 4.47. The molecule has 1 N–H and O–H groups in total. The zero-order valence-electron chi connectivity index (χ0n) is 10.5. The molecule has 0 aromatic carbocycles. The van der Waals surface area contributed by atoms with E-state index in [0.29, 0.717) is 5.35 Å². The van der Waals surface area contributed by atoms with Crippen molar-refractivity contribution in [3.8, 4) is 0 Å². The van der Waals surface area contributed by atoms with E-state index < -0.39 is 0 Å². The summed E-state index contributed by atoms with van der Waals surface area (Å²) in [6, 6.07) is 0. The largest absolute Gasteiger partial charge is 0.364 e. The molecular formula is C13H19N3. The van der Waals surface area contributed by atoms with Gasteiger partial charge in [0.1, 0.15) is 5.82 Å². The minimum atomic E-state index is -0.0322. The highest BCUT2D eigenvalue weighted by Crippen LogP contribution is 2.11. The van der Waals surface area contributed by atoms with Crippen LogP contribution in [0, 0.1) is 6.92 Å². The third kappa shape index (κ3) is 3.19. The molecule has 0 fully saturated rings. The second-order valence-corrected chi connectivity index (χ2v) is 4.77. The quantitative estimate of drug-likeness (QED) is 0.813. The van der Waals surface area contributed by atoms with Gasteiger partial charge in [-0.25, -0.2) is 9.97 Å². The zero-order valence-corrected chi connectivity index (χ0v) is 10.5. The Balaban J connectivity index is 3.27. The van der Waals surface area contributed by atoms with Gasteiger partial charge in [0, 0.05) is 5.54 Å². The fraction of sp³-hybridized carbons (Fsp3) is 0.385. The number of aryl methyl sites for hydroxylation is 1. The molecule has 1 aromatic heterocycles. The van der Waals surface area contributed by atoms with E-state index in [2.05, 4.69) is 49.2 Å². The molecule has 0 aliphatic heterocycles. The molecule has 0 aliphatic carbocycles. The molecule has 0 bridgehead atoms. The topological polar surface area (TPSA) is 37.8 Å². The summed E-state index contributed by atoms with van der Waals surface area (Å²) >= 11 is 0. The predicted molar refractivity (Wildman–Crippen MR) is 69.6 cm³/mol. The van der Waals surface area contributed by atoms with Gasteiger partial charge in [-0.05, 0) is 33.8 Å². The van der Waals surface area contributed by atoms with Crippen LogP contribution in [0.2, 0.25) is 0 Å². The summed E-state index contributed by atoms with van der Waals surface area (Å²) in [4.78, 5) is 8.85. The molecule has 86 valence electrons. The lowest BCUT2D eigenvalue weighted by atomic mass is 10.1. The number of hydrogen-bond donors (Lipinski definition) is 1. The van der Waals surface area contributed by atoms with E-state index in [0.717, 1.165) is 16.9 Å². The third-order valence-corrected chi connectivity index (χ3v) is 1.94. The van der Waals surface area contributed by atoms with Crippen LogP contribution >= 0.6 is 0 Å². The first-order valence-electron chi connectivity index (χ1n) is 5.28. The number of hydrogen-bond acceptors (Lipinski definition) is 3. The molecule has 1 aromatic rings. The molecule has 0 spiro atoms. The summed E-state index contributed by atoms with van der Waals surface area (Å²) in [5.74, 6) is 0.790. The van der Waals surface area contributed by atoms with Crippen molar-refractivity contribution in [2.24, 2.45) is 0 Å². The summed E-state index contributed by atoms with van der Waals surface area (Å²) in [6.07, 6.45) is 3.50. The highest BCUT2D eigenvalue weighted by molar-refractivity contribution is 5.43. The Morgan fingerprint density at radius 2 is 1.88 bits per heavy atom. The first-order chi connectivity index (χ1) is 7.33. The van der Waals surface area contributed by atoms with Gasteiger partial charge >= 0.3 is 0 Å². The van der Waals surface area contributed by atoms with Gasteiger partial charge in [-0.15, -0.1) is 0 Å². The molecular weight excluding hydrogens is 198 g/mol. The molecule has 0 atom stereocenters. The van der Waals surface area contributed by atoms with E-state index in [1.54, 1.807) is 6.08 Å². The Morgan fingerprint density at radius 3 is 2.38 bits per heavy atom. The van der Waals surface area contributed by atoms with Crippen molar-refractivity contribution >= 4 is 18.5 Å². The van der Waals surface area contributed by atoms with Crippen LogP contribution in [-0.4, -0.2) is 15.5 Å². The predicted octanol–water partition coefficient (Wildman–Crippen LogP) is 1.37. The Hall–Kier alpha value is -1.64. The summed E-state index contributed by atoms with van der Waals surface area (Å²) < 4.78 is 0. The van der Waals surface area contributed by atoms with Crippen molar-refractivity contribution in [2.45, 2.75) is 33.2 Å². The van der Waals surface area contributed by atoms with Crippen LogP contribution in [0.3, 0.4) is 0 Å². The Bertz CT molecular complexity index is 495. The van der Waals surface area contributed by atoms with Crippen LogP contribution in [0.1, 0.15) is 26.5 Å². The molecule has 0 saturated heterocycles. The fourth-order valence-electron chi connectivity index (χ4n) is 1.29. The van der Waals surface area contributed by atoms with Gasteiger partial charge in [0.15, 0.2) is 0 Å². The van der Waals surface area contributed by atoms with Gasteiger partial charge in [0.25, 0.3) is 0 Å². The van der Waals surface area contributed by atoms with Crippen LogP contribution in [0.15, 0.2) is 12.7 Å². The number of allylic oxidation sites excluding steroid dienone is 1. The summed E-state index contributed by atoms with van der Waals surface area (Å²) in [6.45, 7) is 15.7. The highest BCUT2D eigenvalue weighted by Gasteiger charge is 2.12. The molecule has 0 amide bonds. The van der Waals surface area contributed by atoms with E-state index in [9.17, 15) is 0 Å². The van der Waals surface area contributed by atoms with E-state index in [1.165, 1.54) is 0 Å². The SMILES string of the molecule is C=C/C=c1/nc(C)c(NC(C)(C)C)nc1=C. The monoisotopic (exact) mass is 217 g/mol. The number of rotatable bonds is 2. The number of nitrogens with zero attached hydrogens (tertiary/aromatic N) is 2. The van der Waals surface area contributed by atoms with Gasteiger partial charge in [-0.3, -0.25) is 0 Å². The van der Waals surface area contributed by atoms with Gasteiger partial charge in [0.05, 0.1) is 16.4 Å². The molecule has 1 heterocycles. The number of anilines is 1. The van der Waals surface area contributed by atoms with Gasteiger partial charge < -0.3 is 5.32 Å². The minimum Gasteiger partial charge on any atom is -0.364 e. The van der Waals surface area contributed by atoms with Crippen molar-refractivity contribution in [1.82, 2.24) is 9.97 Å². The van der Waals surface area contributed by atoms with Crippen LogP contribution in [0.5, 0.6) is 0 Å². The van der Waals surface area contributed by atoms with Crippen LogP contribution < -0.4 is 16.0 Å². The van der Waals surface area contributed by atoms with Gasteiger partial charge in [0.2, 0.25) is 0 Å². The lowest BCUT2D eigenvalue weighted by Crippen LogP contribution is -2.35. The molecule has 3 nitrogen and oxygen atoms in total. The van der Waals surface area contributed by atoms with Crippen molar-refractivity contribution in [3.63, 3.8) is 0 Å². The molecule has 3 heteroatoms. The first kappa shape index (κ1) is 12.4. The zero-order chi connectivity index (χ0) is 12.3. The highest BCUT2D eigenvalue weighted by atomic mass is 15.1. The minimum absolute atomic E-state index is 0.0322. The molecule has 0 unspecified atom stereocenters. The standard InChI is InChI=1S/C13H19N3/c1-7-8-11-9(2)15-12(10(3)14-11)16-13(4,5)6/h7-8H,1-2H2,3-6H3,(H,15,16)/b11-8+. The van der Waals surface area contributed by atoms with Crippen LogP contribution in [0.4, 0.5) is 5.82 Å². The Morgan fingerprint density at radius 1 is 1.25 bits per heavy atom. The maximum Gasteiger partial charge on any atom is 0.148 e. The number of aromatic nitrogens is 2. The molecule has 16 heavy (non-hydrogen) atoms. The third-order valence-electron chi connectivity index (χ3n) is 1.94. The van der Waals surface area contributed by atoms with Crippen molar-refractivity contribution in [2.75, 3.05) is 5.32 Å². The second-order valence-electron chi connectivity index (χ2n) is 4.77. The first-order valence-corrected chi connectivity index (χ1v) is 5.28. The van der Waals surface area contributed by atoms with Gasteiger partial charge in [-0.1, -0.05) is 19.2 Å². The maximum absolute atomic E-state index is 4.43. The van der Waals surface area contributed by atoms with Crippen molar-refractivity contribution < 1.29 is 0 Å². The average Bonchev–Trinajstić information content (AvgIpc) is 2.11. The normalized spacial score (nSPS) is 12.6. The smallest absolute Gasteiger partial charge is 0.148 e. The Labute approximate surface area is 96.6 Å². The Kier molecular flexibility index (Phi) is 3.48. The fourth-order valence-corrected chi connectivity index (χ4v) is 1.29. The molecule has 0 saturated carbocycles. The molecule has 0 radical (unpaired) electrons. The lowest BCUT2D eigenvalue weighted by Gasteiger charge is -2.22. The van der Waals surface area contributed by atoms with Crippen LogP contribution in [-0.2, 0) is 0 Å². The van der Waals surface area contributed by atoms with E-state index >= 15 is 0 Å². The van der Waals surface area contributed by atoms with E-state index in [4.69, 9.17) is 0 Å². The molecule has 1 rings (SSSR count).